The summed E-state index contributed by atoms with van der Waals surface area (Å²) >= 11 is 0. The SMILES string of the molecule is CC(CO)C(C)NCc1ccc(F)cc1F. The van der Waals surface area contributed by atoms with Gasteiger partial charge in [0.05, 0.1) is 0 Å². The Morgan fingerprint density at radius 3 is 2.56 bits per heavy atom. The molecule has 2 atom stereocenters. The Balaban J connectivity index is 2.54. The van der Waals surface area contributed by atoms with Crippen molar-refractivity contribution in [2.45, 2.75) is 26.4 Å². The maximum absolute atomic E-state index is 13.3. The minimum atomic E-state index is -0.571. The van der Waals surface area contributed by atoms with E-state index in [1.54, 1.807) is 0 Å². The lowest BCUT2D eigenvalue weighted by atomic mass is 10.0. The molecule has 0 bridgehead atoms. The Bertz CT molecular complexity index is 344. The molecule has 1 aromatic rings. The van der Waals surface area contributed by atoms with Gasteiger partial charge in [0, 0.05) is 30.8 Å². The Labute approximate surface area is 94.3 Å². The van der Waals surface area contributed by atoms with E-state index < -0.39 is 11.6 Å². The van der Waals surface area contributed by atoms with Crippen LogP contribution < -0.4 is 5.32 Å². The second-order valence-corrected chi connectivity index (χ2v) is 4.07. The average molecular weight is 229 g/mol. The zero-order chi connectivity index (χ0) is 12.1. The number of aliphatic hydroxyl groups is 1. The van der Waals surface area contributed by atoms with Gasteiger partial charge in [-0.3, -0.25) is 0 Å². The van der Waals surface area contributed by atoms with Crippen molar-refractivity contribution in [1.29, 1.82) is 0 Å². The molecule has 2 nitrogen and oxygen atoms in total. The van der Waals surface area contributed by atoms with Crippen LogP contribution in [0.4, 0.5) is 8.78 Å². The summed E-state index contributed by atoms with van der Waals surface area (Å²) in [5, 5.41) is 12.0. The molecule has 0 aromatic heterocycles. The molecular weight excluding hydrogens is 212 g/mol. The van der Waals surface area contributed by atoms with Gasteiger partial charge in [0.2, 0.25) is 0 Å². The molecule has 0 fully saturated rings. The first kappa shape index (κ1) is 13.1. The highest BCUT2D eigenvalue weighted by Gasteiger charge is 2.11. The molecule has 1 aromatic carbocycles. The fourth-order valence-electron chi connectivity index (χ4n) is 1.30. The first-order chi connectivity index (χ1) is 7.54. The van der Waals surface area contributed by atoms with Crippen LogP contribution in [0.25, 0.3) is 0 Å². The Morgan fingerprint density at radius 1 is 1.31 bits per heavy atom. The fourth-order valence-corrected chi connectivity index (χ4v) is 1.30. The first-order valence-corrected chi connectivity index (χ1v) is 5.32. The molecule has 2 N–H and O–H groups in total. The van der Waals surface area contributed by atoms with Crippen molar-refractivity contribution < 1.29 is 13.9 Å². The van der Waals surface area contributed by atoms with Gasteiger partial charge in [-0.05, 0) is 18.9 Å². The lowest BCUT2D eigenvalue weighted by Gasteiger charge is -2.19. The summed E-state index contributed by atoms with van der Waals surface area (Å²) in [5.41, 5.74) is 0.429. The molecule has 1 rings (SSSR count). The number of hydrogen-bond donors (Lipinski definition) is 2. The lowest BCUT2D eigenvalue weighted by Crippen LogP contribution is -2.33. The third kappa shape index (κ3) is 3.54. The molecule has 0 aliphatic carbocycles. The highest BCUT2D eigenvalue weighted by atomic mass is 19.1. The fraction of sp³-hybridized carbons (Fsp3) is 0.500. The largest absolute Gasteiger partial charge is 0.396 e. The molecule has 0 heterocycles. The van der Waals surface area contributed by atoms with Crippen molar-refractivity contribution in [3.8, 4) is 0 Å². The van der Waals surface area contributed by atoms with E-state index in [4.69, 9.17) is 5.11 Å². The van der Waals surface area contributed by atoms with Crippen LogP contribution in [0.15, 0.2) is 18.2 Å². The smallest absolute Gasteiger partial charge is 0.130 e. The van der Waals surface area contributed by atoms with E-state index in [0.29, 0.717) is 12.1 Å². The van der Waals surface area contributed by atoms with Crippen LogP contribution in [0.3, 0.4) is 0 Å². The van der Waals surface area contributed by atoms with Crippen molar-refractivity contribution in [2.24, 2.45) is 5.92 Å². The van der Waals surface area contributed by atoms with Gasteiger partial charge in [0.25, 0.3) is 0 Å². The van der Waals surface area contributed by atoms with Gasteiger partial charge in [0.1, 0.15) is 11.6 Å². The maximum atomic E-state index is 13.3. The van der Waals surface area contributed by atoms with E-state index >= 15 is 0 Å². The predicted octanol–water partition coefficient (Wildman–Crippen LogP) is 2.07. The number of hydrogen-bond acceptors (Lipinski definition) is 2. The van der Waals surface area contributed by atoms with Crippen LogP contribution in [0.5, 0.6) is 0 Å². The number of aliphatic hydroxyl groups excluding tert-OH is 1. The second-order valence-electron chi connectivity index (χ2n) is 4.07. The van der Waals surface area contributed by atoms with Crippen LogP contribution >= 0.6 is 0 Å². The van der Waals surface area contributed by atoms with Crippen LogP contribution in [0, 0.1) is 17.6 Å². The number of halogens is 2. The van der Waals surface area contributed by atoms with Gasteiger partial charge < -0.3 is 10.4 Å². The summed E-state index contributed by atoms with van der Waals surface area (Å²) in [6, 6.07) is 3.61. The number of nitrogens with one attached hydrogen (secondary N) is 1. The Kier molecular flexibility index (Phi) is 4.83. The normalized spacial score (nSPS) is 14.8. The topological polar surface area (TPSA) is 32.3 Å². The average Bonchev–Trinajstić information content (AvgIpc) is 2.26. The van der Waals surface area contributed by atoms with Gasteiger partial charge in [-0.1, -0.05) is 13.0 Å². The quantitative estimate of drug-likeness (QED) is 0.810. The molecule has 0 aliphatic rings. The van der Waals surface area contributed by atoms with Crippen molar-refractivity contribution in [1.82, 2.24) is 5.32 Å². The molecule has 90 valence electrons. The molecule has 2 unspecified atom stereocenters. The summed E-state index contributed by atoms with van der Waals surface area (Å²) < 4.78 is 25.9. The van der Waals surface area contributed by atoms with Gasteiger partial charge in [-0.15, -0.1) is 0 Å². The van der Waals surface area contributed by atoms with Crippen molar-refractivity contribution in [3.05, 3.63) is 35.4 Å². The van der Waals surface area contributed by atoms with Gasteiger partial charge in [-0.25, -0.2) is 8.78 Å². The van der Waals surface area contributed by atoms with Crippen LogP contribution in [0.2, 0.25) is 0 Å². The van der Waals surface area contributed by atoms with Crippen molar-refractivity contribution >= 4 is 0 Å². The van der Waals surface area contributed by atoms with E-state index in [1.807, 2.05) is 13.8 Å². The molecule has 0 amide bonds. The van der Waals surface area contributed by atoms with E-state index in [1.165, 1.54) is 12.1 Å². The molecule has 0 radical (unpaired) electrons. The van der Waals surface area contributed by atoms with Gasteiger partial charge >= 0.3 is 0 Å². The lowest BCUT2D eigenvalue weighted by molar-refractivity contribution is 0.206. The third-order valence-electron chi connectivity index (χ3n) is 2.77. The maximum Gasteiger partial charge on any atom is 0.130 e. The summed E-state index contributed by atoms with van der Waals surface area (Å²) in [4.78, 5) is 0. The standard InChI is InChI=1S/C12H17F2NO/c1-8(7-16)9(2)15-6-10-3-4-11(13)5-12(10)14/h3-5,8-9,15-16H,6-7H2,1-2H3. The highest BCUT2D eigenvalue weighted by molar-refractivity contribution is 5.18. The third-order valence-corrected chi connectivity index (χ3v) is 2.77. The van der Waals surface area contributed by atoms with Crippen LogP contribution in [0.1, 0.15) is 19.4 Å². The summed E-state index contributed by atoms with van der Waals surface area (Å²) in [6.45, 7) is 4.23. The monoisotopic (exact) mass is 229 g/mol. The van der Waals surface area contributed by atoms with Crippen LogP contribution in [-0.4, -0.2) is 17.8 Å². The summed E-state index contributed by atoms with van der Waals surface area (Å²) in [5.74, 6) is -1.02. The van der Waals surface area contributed by atoms with Gasteiger partial charge in [0.15, 0.2) is 0 Å². The molecule has 0 saturated carbocycles. The number of rotatable bonds is 5. The highest BCUT2D eigenvalue weighted by Crippen LogP contribution is 2.10. The van der Waals surface area contributed by atoms with E-state index in [2.05, 4.69) is 5.32 Å². The molecule has 16 heavy (non-hydrogen) atoms. The zero-order valence-electron chi connectivity index (χ0n) is 9.50. The molecule has 0 spiro atoms. The van der Waals surface area contributed by atoms with Crippen molar-refractivity contribution in [3.63, 3.8) is 0 Å². The Morgan fingerprint density at radius 2 is 2.00 bits per heavy atom. The summed E-state index contributed by atoms with van der Waals surface area (Å²) in [6.07, 6.45) is 0. The molecular formula is C12H17F2NO. The minimum Gasteiger partial charge on any atom is -0.396 e. The van der Waals surface area contributed by atoms with E-state index in [0.717, 1.165) is 6.07 Å². The second kappa shape index (κ2) is 5.92. The Hall–Kier alpha value is -1.00. The molecule has 4 heteroatoms. The van der Waals surface area contributed by atoms with Crippen LogP contribution in [-0.2, 0) is 6.54 Å². The van der Waals surface area contributed by atoms with Gasteiger partial charge in [-0.2, -0.15) is 0 Å². The summed E-state index contributed by atoms with van der Waals surface area (Å²) in [7, 11) is 0. The first-order valence-electron chi connectivity index (χ1n) is 5.32. The zero-order valence-corrected chi connectivity index (χ0v) is 9.50. The number of benzene rings is 1. The van der Waals surface area contributed by atoms with Crippen molar-refractivity contribution in [2.75, 3.05) is 6.61 Å². The van der Waals surface area contributed by atoms with E-state index in [9.17, 15) is 8.78 Å². The predicted molar refractivity (Wildman–Crippen MR) is 58.9 cm³/mol. The van der Waals surface area contributed by atoms with E-state index in [-0.39, 0.29) is 18.6 Å². The molecule has 0 saturated heterocycles. The molecule has 0 aliphatic heterocycles. The minimum absolute atomic E-state index is 0.0782.